The molecule has 1 N–H and O–H groups in total. The molecular weight excluding hydrogens is 258 g/mol. The van der Waals surface area contributed by atoms with Crippen molar-refractivity contribution in [1.82, 2.24) is 9.36 Å². The number of rotatable bonds is 5. The summed E-state index contributed by atoms with van der Waals surface area (Å²) in [5.74, 6) is 1.51. The zero-order valence-electron chi connectivity index (χ0n) is 10.0. The Balaban J connectivity index is 2.01. The molecule has 1 saturated heterocycles. The first-order valence-corrected chi connectivity index (χ1v) is 7.33. The van der Waals surface area contributed by atoms with Gasteiger partial charge in [-0.15, -0.1) is 11.6 Å². The molecule has 0 amide bonds. The highest BCUT2D eigenvalue weighted by Crippen LogP contribution is 2.28. The van der Waals surface area contributed by atoms with Gasteiger partial charge in [-0.3, -0.25) is 0 Å². The number of nitrogens with zero attached hydrogens (tertiary/aromatic N) is 2. The predicted molar refractivity (Wildman–Crippen MR) is 71.0 cm³/mol. The first kappa shape index (κ1) is 13.1. The van der Waals surface area contributed by atoms with Crippen LogP contribution >= 0.6 is 23.1 Å². The Morgan fingerprint density at radius 2 is 2.24 bits per heavy atom. The van der Waals surface area contributed by atoms with Gasteiger partial charge >= 0.3 is 0 Å². The molecule has 4 nitrogen and oxygen atoms in total. The minimum Gasteiger partial charge on any atom is -0.381 e. The zero-order chi connectivity index (χ0) is 12.1. The molecule has 17 heavy (non-hydrogen) atoms. The summed E-state index contributed by atoms with van der Waals surface area (Å²) in [4.78, 5) is 4.48. The van der Waals surface area contributed by atoms with Crippen molar-refractivity contribution in [3.63, 3.8) is 0 Å². The largest absolute Gasteiger partial charge is 0.381 e. The molecule has 0 saturated carbocycles. The molecule has 1 aromatic rings. The van der Waals surface area contributed by atoms with E-state index in [9.17, 15) is 0 Å². The molecule has 6 heteroatoms. The average molecular weight is 276 g/mol. The second kappa shape index (κ2) is 5.98. The Morgan fingerprint density at radius 1 is 1.47 bits per heavy atom. The van der Waals surface area contributed by atoms with Crippen molar-refractivity contribution < 1.29 is 4.74 Å². The van der Waals surface area contributed by atoms with Crippen LogP contribution in [0.1, 0.15) is 32.0 Å². The highest BCUT2D eigenvalue weighted by molar-refractivity contribution is 7.09. The highest BCUT2D eigenvalue weighted by atomic mass is 35.5. The van der Waals surface area contributed by atoms with Crippen LogP contribution in [0.25, 0.3) is 0 Å². The van der Waals surface area contributed by atoms with Crippen LogP contribution < -0.4 is 5.32 Å². The van der Waals surface area contributed by atoms with Gasteiger partial charge in [-0.05, 0) is 19.3 Å². The lowest BCUT2D eigenvalue weighted by Gasteiger charge is -2.35. The van der Waals surface area contributed by atoms with Gasteiger partial charge in [0.25, 0.3) is 0 Å². The third-order valence-corrected chi connectivity index (χ3v) is 4.20. The van der Waals surface area contributed by atoms with Gasteiger partial charge in [0, 0.05) is 37.0 Å². The van der Waals surface area contributed by atoms with Gasteiger partial charge < -0.3 is 10.1 Å². The third kappa shape index (κ3) is 3.30. The summed E-state index contributed by atoms with van der Waals surface area (Å²) in [6, 6.07) is 0. The summed E-state index contributed by atoms with van der Waals surface area (Å²) in [6.45, 7) is 3.66. The van der Waals surface area contributed by atoms with Gasteiger partial charge in [-0.1, -0.05) is 6.92 Å². The van der Waals surface area contributed by atoms with E-state index in [1.165, 1.54) is 11.5 Å². The van der Waals surface area contributed by atoms with Gasteiger partial charge in [-0.25, -0.2) is 4.98 Å². The normalized spacial score (nSPS) is 19.2. The Labute approximate surface area is 111 Å². The number of hydrogen-bond donors (Lipinski definition) is 1. The highest BCUT2D eigenvalue weighted by Gasteiger charge is 2.32. The number of halogens is 1. The van der Waals surface area contributed by atoms with E-state index < -0.39 is 0 Å². The number of ether oxygens (including phenoxy) is 1. The summed E-state index contributed by atoms with van der Waals surface area (Å²) in [7, 11) is 0. The van der Waals surface area contributed by atoms with Gasteiger partial charge in [-0.2, -0.15) is 4.37 Å². The minimum absolute atomic E-state index is 0.0666. The number of nitrogens with one attached hydrogen (secondary N) is 1. The zero-order valence-corrected chi connectivity index (χ0v) is 11.6. The van der Waals surface area contributed by atoms with E-state index in [0.29, 0.717) is 5.88 Å². The molecule has 0 aliphatic carbocycles. The maximum absolute atomic E-state index is 6.09. The van der Waals surface area contributed by atoms with Crippen LogP contribution in [0.15, 0.2) is 0 Å². The minimum atomic E-state index is -0.0666. The second-order valence-electron chi connectivity index (χ2n) is 4.42. The summed E-state index contributed by atoms with van der Waals surface area (Å²) >= 11 is 7.52. The number of anilines is 1. The Morgan fingerprint density at radius 3 is 2.88 bits per heavy atom. The maximum atomic E-state index is 6.09. The molecule has 2 rings (SSSR count). The number of alkyl halides is 1. The van der Waals surface area contributed by atoms with Crippen LogP contribution in [-0.2, 0) is 11.2 Å². The maximum Gasteiger partial charge on any atom is 0.203 e. The Hall–Kier alpha value is -0.390. The van der Waals surface area contributed by atoms with Crippen molar-refractivity contribution in [3.8, 4) is 0 Å². The molecule has 1 aliphatic rings. The van der Waals surface area contributed by atoms with E-state index in [1.54, 1.807) is 0 Å². The SMILES string of the molecule is CCCc1nsc(NC2(CCl)CCOCC2)n1. The van der Waals surface area contributed by atoms with Crippen molar-refractivity contribution >= 4 is 28.3 Å². The fraction of sp³-hybridized carbons (Fsp3) is 0.818. The van der Waals surface area contributed by atoms with Gasteiger partial charge in [0.05, 0.1) is 5.54 Å². The van der Waals surface area contributed by atoms with Crippen molar-refractivity contribution in [3.05, 3.63) is 5.82 Å². The lowest BCUT2D eigenvalue weighted by molar-refractivity contribution is 0.0668. The molecule has 0 radical (unpaired) electrons. The van der Waals surface area contributed by atoms with Crippen molar-refractivity contribution in [2.24, 2.45) is 0 Å². The van der Waals surface area contributed by atoms with E-state index in [4.69, 9.17) is 16.3 Å². The molecule has 0 spiro atoms. The van der Waals surface area contributed by atoms with E-state index >= 15 is 0 Å². The third-order valence-electron chi connectivity index (χ3n) is 3.02. The smallest absolute Gasteiger partial charge is 0.203 e. The monoisotopic (exact) mass is 275 g/mol. The van der Waals surface area contributed by atoms with Crippen LogP contribution in [-0.4, -0.2) is 34.0 Å². The van der Waals surface area contributed by atoms with E-state index in [2.05, 4.69) is 21.6 Å². The van der Waals surface area contributed by atoms with Gasteiger partial charge in [0.15, 0.2) is 0 Å². The summed E-state index contributed by atoms with van der Waals surface area (Å²) in [5.41, 5.74) is -0.0666. The van der Waals surface area contributed by atoms with Crippen LogP contribution in [0, 0.1) is 0 Å². The average Bonchev–Trinajstić information content (AvgIpc) is 2.78. The van der Waals surface area contributed by atoms with Crippen molar-refractivity contribution in [2.75, 3.05) is 24.4 Å². The molecule has 0 bridgehead atoms. The van der Waals surface area contributed by atoms with Crippen molar-refractivity contribution in [1.29, 1.82) is 0 Å². The topological polar surface area (TPSA) is 47.0 Å². The molecule has 0 atom stereocenters. The number of aromatic nitrogens is 2. The first-order valence-electron chi connectivity index (χ1n) is 6.02. The second-order valence-corrected chi connectivity index (χ2v) is 5.44. The quantitative estimate of drug-likeness (QED) is 0.840. The van der Waals surface area contributed by atoms with Gasteiger partial charge in [0.1, 0.15) is 5.82 Å². The van der Waals surface area contributed by atoms with Gasteiger partial charge in [0.2, 0.25) is 5.13 Å². The summed E-state index contributed by atoms with van der Waals surface area (Å²) < 4.78 is 9.71. The van der Waals surface area contributed by atoms with E-state index in [0.717, 1.165) is 49.9 Å². The van der Waals surface area contributed by atoms with Crippen LogP contribution in [0.5, 0.6) is 0 Å². The van der Waals surface area contributed by atoms with Crippen molar-refractivity contribution in [2.45, 2.75) is 38.1 Å². The Kier molecular flexibility index (Phi) is 4.59. The fourth-order valence-corrected chi connectivity index (χ4v) is 2.98. The molecular formula is C11H18ClN3OS. The molecule has 96 valence electrons. The standard InChI is InChI=1S/C11H18ClN3OS/c1-2-3-9-13-10(17-15-9)14-11(8-12)4-6-16-7-5-11/h2-8H2,1H3,(H,13,14,15). The molecule has 1 fully saturated rings. The predicted octanol–water partition coefficient (Wildman–Crippen LogP) is 2.69. The van der Waals surface area contributed by atoms with Crippen LogP contribution in [0.3, 0.4) is 0 Å². The van der Waals surface area contributed by atoms with Crippen LogP contribution in [0.4, 0.5) is 5.13 Å². The van der Waals surface area contributed by atoms with E-state index in [-0.39, 0.29) is 5.54 Å². The summed E-state index contributed by atoms with van der Waals surface area (Å²) in [6.07, 6.45) is 3.87. The lowest BCUT2D eigenvalue weighted by Crippen LogP contribution is -2.45. The van der Waals surface area contributed by atoms with E-state index in [1.807, 2.05) is 0 Å². The molecule has 2 heterocycles. The Bertz CT molecular complexity index is 352. The number of hydrogen-bond acceptors (Lipinski definition) is 5. The number of aryl methyl sites for hydroxylation is 1. The molecule has 0 unspecified atom stereocenters. The summed E-state index contributed by atoms with van der Waals surface area (Å²) in [5, 5.41) is 4.34. The molecule has 1 aliphatic heterocycles. The molecule has 0 aromatic carbocycles. The lowest BCUT2D eigenvalue weighted by atomic mass is 9.92. The van der Waals surface area contributed by atoms with Crippen LogP contribution in [0.2, 0.25) is 0 Å². The molecule has 1 aromatic heterocycles. The fourth-order valence-electron chi connectivity index (χ4n) is 1.91. The first-order chi connectivity index (χ1) is 8.28.